The zero-order valence-corrected chi connectivity index (χ0v) is 16.1. The molecule has 0 aliphatic heterocycles. The van der Waals surface area contributed by atoms with Gasteiger partial charge in [0.15, 0.2) is 0 Å². The lowest BCUT2D eigenvalue weighted by Gasteiger charge is -2.07. The quantitative estimate of drug-likeness (QED) is 0.443. The van der Waals surface area contributed by atoms with Crippen LogP contribution in [0.25, 0.3) is 0 Å². The van der Waals surface area contributed by atoms with Gasteiger partial charge >= 0.3 is 10.1 Å². The average Bonchev–Trinajstić information content (AvgIpc) is 2.67. The van der Waals surface area contributed by atoms with Crippen molar-refractivity contribution in [1.82, 2.24) is 0 Å². The number of hydrogen-bond acceptors (Lipinski definition) is 4. The van der Waals surface area contributed by atoms with Gasteiger partial charge in [-0.1, -0.05) is 48.9 Å². The Morgan fingerprint density at radius 3 is 2.33 bits per heavy atom. The van der Waals surface area contributed by atoms with Crippen LogP contribution in [0.15, 0.2) is 82.7 Å². The minimum Gasteiger partial charge on any atom is -0.379 e. The van der Waals surface area contributed by atoms with Crippen LogP contribution in [0, 0.1) is 6.92 Å². The molecule has 3 aromatic carbocycles. The second-order valence-corrected chi connectivity index (χ2v) is 7.75. The minimum absolute atomic E-state index is 0.128. The third-order valence-electron chi connectivity index (χ3n) is 4.08. The zero-order chi connectivity index (χ0) is 19.3. The molecule has 0 spiro atoms. The molecule has 27 heavy (non-hydrogen) atoms. The Hall–Kier alpha value is -2.92. The predicted molar refractivity (Wildman–Crippen MR) is 109 cm³/mol. The van der Waals surface area contributed by atoms with E-state index < -0.39 is 10.1 Å². The van der Waals surface area contributed by atoms with Crippen LogP contribution in [-0.2, 0) is 16.5 Å². The van der Waals surface area contributed by atoms with Gasteiger partial charge in [-0.3, -0.25) is 4.99 Å². The maximum atomic E-state index is 12.4. The van der Waals surface area contributed by atoms with Gasteiger partial charge in [0.25, 0.3) is 0 Å². The van der Waals surface area contributed by atoms with Crippen molar-refractivity contribution in [2.24, 2.45) is 4.99 Å². The summed E-state index contributed by atoms with van der Waals surface area (Å²) in [5.74, 6) is 0.251. The van der Waals surface area contributed by atoms with E-state index >= 15 is 0 Å². The fraction of sp³-hybridized carbons (Fsp3) is 0.136. The first-order valence-electron chi connectivity index (χ1n) is 8.70. The lowest BCUT2D eigenvalue weighted by molar-refractivity contribution is 0.486. The van der Waals surface area contributed by atoms with Crippen LogP contribution in [0.2, 0.25) is 0 Å². The van der Waals surface area contributed by atoms with Gasteiger partial charge in [-0.2, -0.15) is 8.42 Å². The highest BCUT2D eigenvalue weighted by molar-refractivity contribution is 7.87. The number of aryl methyl sites for hydroxylation is 2. The topological polar surface area (TPSA) is 55.7 Å². The lowest BCUT2D eigenvalue weighted by atomic mass is 10.1. The van der Waals surface area contributed by atoms with Crippen molar-refractivity contribution in [2.45, 2.75) is 25.2 Å². The Balaban J connectivity index is 1.76. The molecule has 0 heterocycles. The average molecular weight is 379 g/mol. The van der Waals surface area contributed by atoms with Crippen molar-refractivity contribution in [2.75, 3.05) is 0 Å². The second kappa shape index (κ2) is 8.18. The SMILES string of the molecule is CCc1ccc(N=Cc2cccc(OS(=O)(=O)c3ccc(C)cc3)c2)cc1. The first kappa shape index (κ1) is 18.9. The van der Waals surface area contributed by atoms with Crippen molar-refractivity contribution < 1.29 is 12.6 Å². The van der Waals surface area contributed by atoms with Crippen LogP contribution in [0.4, 0.5) is 5.69 Å². The Morgan fingerprint density at radius 1 is 0.963 bits per heavy atom. The van der Waals surface area contributed by atoms with Gasteiger partial charge in [-0.15, -0.1) is 0 Å². The summed E-state index contributed by atoms with van der Waals surface area (Å²) in [6.45, 7) is 4.00. The van der Waals surface area contributed by atoms with E-state index in [0.29, 0.717) is 0 Å². The van der Waals surface area contributed by atoms with Crippen molar-refractivity contribution in [3.05, 3.63) is 89.5 Å². The maximum Gasteiger partial charge on any atom is 0.339 e. The predicted octanol–water partition coefficient (Wildman–Crippen LogP) is 5.08. The molecule has 4 nitrogen and oxygen atoms in total. The van der Waals surface area contributed by atoms with Crippen molar-refractivity contribution in [1.29, 1.82) is 0 Å². The summed E-state index contributed by atoms with van der Waals surface area (Å²) in [5.41, 5.74) is 3.83. The highest BCUT2D eigenvalue weighted by atomic mass is 32.2. The minimum atomic E-state index is -3.87. The summed E-state index contributed by atoms with van der Waals surface area (Å²) in [6, 6.07) is 21.4. The molecule has 0 amide bonds. The van der Waals surface area contributed by atoms with E-state index in [0.717, 1.165) is 23.2 Å². The third kappa shape index (κ3) is 5.05. The number of rotatable bonds is 6. The molecule has 0 N–H and O–H groups in total. The van der Waals surface area contributed by atoms with Crippen LogP contribution in [-0.4, -0.2) is 14.6 Å². The number of hydrogen-bond donors (Lipinski definition) is 0. The molecule has 3 rings (SSSR count). The standard InChI is InChI=1S/C22H21NO3S/c1-3-18-9-11-20(12-10-18)23-16-19-5-4-6-21(15-19)26-27(24,25)22-13-7-17(2)8-14-22/h4-16H,3H2,1-2H3. The van der Waals surface area contributed by atoms with Gasteiger partial charge < -0.3 is 4.18 Å². The summed E-state index contributed by atoms with van der Waals surface area (Å²) in [4.78, 5) is 4.56. The molecule has 138 valence electrons. The summed E-state index contributed by atoms with van der Waals surface area (Å²) in [6.07, 6.45) is 2.67. The van der Waals surface area contributed by atoms with Crippen LogP contribution in [0.5, 0.6) is 5.75 Å². The van der Waals surface area contributed by atoms with E-state index in [-0.39, 0.29) is 10.6 Å². The molecule has 3 aromatic rings. The van der Waals surface area contributed by atoms with Gasteiger partial charge in [0.05, 0.1) is 5.69 Å². The molecule has 0 saturated carbocycles. The summed E-state index contributed by atoms with van der Waals surface area (Å²) >= 11 is 0. The number of nitrogens with zero attached hydrogens (tertiary/aromatic N) is 1. The summed E-state index contributed by atoms with van der Waals surface area (Å²) in [7, 11) is -3.87. The lowest BCUT2D eigenvalue weighted by Crippen LogP contribution is -2.09. The molecule has 0 atom stereocenters. The van der Waals surface area contributed by atoms with E-state index in [1.807, 2.05) is 37.3 Å². The van der Waals surface area contributed by atoms with Gasteiger partial charge in [0.2, 0.25) is 0 Å². The van der Waals surface area contributed by atoms with Gasteiger partial charge in [0, 0.05) is 6.21 Å². The molecule has 5 heteroatoms. The summed E-state index contributed by atoms with van der Waals surface area (Å²) < 4.78 is 30.1. The van der Waals surface area contributed by atoms with Crippen molar-refractivity contribution >= 4 is 22.0 Å². The van der Waals surface area contributed by atoms with Gasteiger partial charge in [0.1, 0.15) is 10.6 Å². The Bertz CT molecular complexity index is 1040. The van der Waals surface area contributed by atoms with E-state index in [4.69, 9.17) is 4.18 Å². The largest absolute Gasteiger partial charge is 0.379 e. The fourth-order valence-corrected chi connectivity index (χ4v) is 3.42. The molecule has 0 aliphatic rings. The first-order valence-corrected chi connectivity index (χ1v) is 10.1. The zero-order valence-electron chi connectivity index (χ0n) is 15.3. The normalized spacial score (nSPS) is 11.6. The van der Waals surface area contributed by atoms with Crippen LogP contribution < -0.4 is 4.18 Å². The molecular formula is C22H21NO3S. The summed E-state index contributed by atoms with van der Waals surface area (Å²) in [5, 5.41) is 0. The highest BCUT2D eigenvalue weighted by Gasteiger charge is 2.16. The van der Waals surface area contributed by atoms with Gasteiger partial charge in [-0.25, -0.2) is 0 Å². The van der Waals surface area contributed by atoms with E-state index in [1.54, 1.807) is 36.5 Å². The highest BCUT2D eigenvalue weighted by Crippen LogP contribution is 2.20. The first-order chi connectivity index (χ1) is 13.0. The monoisotopic (exact) mass is 379 g/mol. The molecule has 0 unspecified atom stereocenters. The van der Waals surface area contributed by atoms with Gasteiger partial charge in [-0.05, 0) is 60.9 Å². The maximum absolute atomic E-state index is 12.4. The van der Waals surface area contributed by atoms with E-state index in [1.165, 1.54) is 17.7 Å². The molecule has 0 fully saturated rings. The molecule has 0 bridgehead atoms. The van der Waals surface area contributed by atoms with E-state index in [9.17, 15) is 8.42 Å². The smallest absolute Gasteiger partial charge is 0.339 e. The van der Waals surface area contributed by atoms with Crippen LogP contribution in [0.3, 0.4) is 0 Å². The molecule has 0 aliphatic carbocycles. The molecule has 0 radical (unpaired) electrons. The van der Waals surface area contributed by atoms with Crippen LogP contribution in [0.1, 0.15) is 23.6 Å². The fourth-order valence-electron chi connectivity index (χ4n) is 2.49. The Kier molecular flexibility index (Phi) is 5.72. The molecule has 0 saturated heterocycles. The Morgan fingerprint density at radius 2 is 1.67 bits per heavy atom. The van der Waals surface area contributed by atoms with Crippen molar-refractivity contribution in [3.63, 3.8) is 0 Å². The van der Waals surface area contributed by atoms with Crippen molar-refractivity contribution in [3.8, 4) is 5.75 Å². The number of benzene rings is 3. The second-order valence-electron chi connectivity index (χ2n) is 6.20. The number of aliphatic imine (C=N–C) groups is 1. The van der Waals surface area contributed by atoms with Crippen LogP contribution >= 0.6 is 0 Å². The third-order valence-corrected chi connectivity index (χ3v) is 5.34. The van der Waals surface area contributed by atoms with E-state index in [2.05, 4.69) is 11.9 Å². The molecular weight excluding hydrogens is 358 g/mol. The Labute approximate surface area is 160 Å². The molecule has 0 aromatic heterocycles.